The van der Waals surface area contributed by atoms with Crippen molar-refractivity contribution >= 4 is 42.1 Å². The number of thiazole rings is 1. The van der Waals surface area contributed by atoms with E-state index in [9.17, 15) is 4.79 Å². The lowest BCUT2D eigenvalue weighted by molar-refractivity contribution is -0.124. The summed E-state index contributed by atoms with van der Waals surface area (Å²) in [6, 6.07) is -0.441. The zero-order valence-corrected chi connectivity index (χ0v) is 15.4. The average Bonchev–Trinajstić information content (AvgIpc) is 2.94. The first-order valence-electron chi connectivity index (χ1n) is 7.13. The minimum atomic E-state index is -0.441. The zero-order valence-electron chi connectivity index (χ0n) is 12.9. The van der Waals surface area contributed by atoms with E-state index in [4.69, 9.17) is 10.5 Å². The second-order valence-electron chi connectivity index (χ2n) is 5.51. The molecule has 3 N–H and O–H groups in total. The van der Waals surface area contributed by atoms with Gasteiger partial charge in [-0.1, -0.05) is 13.8 Å². The lowest BCUT2D eigenvalue weighted by atomic mass is 9.92. The van der Waals surface area contributed by atoms with Crippen molar-refractivity contribution in [1.82, 2.24) is 10.3 Å². The molecule has 0 aliphatic carbocycles. The highest BCUT2D eigenvalue weighted by Crippen LogP contribution is 2.19. The molecule has 0 spiro atoms. The Morgan fingerprint density at radius 3 is 2.64 bits per heavy atom. The van der Waals surface area contributed by atoms with E-state index in [0.29, 0.717) is 25.7 Å². The molecule has 1 aliphatic rings. The summed E-state index contributed by atoms with van der Waals surface area (Å²) in [7, 11) is 0. The van der Waals surface area contributed by atoms with Gasteiger partial charge >= 0.3 is 0 Å². The molecule has 0 bridgehead atoms. The highest BCUT2D eigenvalue weighted by Gasteiger charge is 2.26. The quantitative estimate of drug-likeness (QED) is 0.835. The highest BCUT2D eigenvalue weighted by molar-refractivity contribution is 7.09. The number of carbonyl (C=O) groups is 1. The lowest BCUT2D eigenvalue weighted by Gasteiger charge is -2.26. The molecule has 0 saturated carbocycles. The van der Waals surface area contributed by atoms with E-state index in [2.05, 4.69) is 24.1 Å². The van der Waals surface area contributed by atoms with Gasteiger partial charge in [0, 0.05) is 18.6 Å². The highest BCUT2D eigenvalue weighted by atomic mass is 35.5. The van der Waals surface area contributed by atoms with Crippen LogP contribution in [0.3, 0.4) is 0 Å². The number of carbonyl (C=O) groups excluding carboxylic acids is 1. The number of nitrogens with two attached hydrogens (primary N) is 1. The van der Waals surface area contributed by atoms with Gasteiger partial charge in [0.25, 0.3) is 0 Å². The summed E-state index contributed by atoms with van der Waals surface area (Å²) in [4.78, 5) is 16.6. The second kappa shape index (κ2) is 10.4. The Morgan fingerprint density at radius 1 is 1.45 bits per heavy atom. The van der Waals surface area contributed by atoms with Crippen LogP contribution < -0.4 is 11.1 Å². The molecule has 1 saturated heterocycles. The molecule has 1 unspecified atom stereocenters. The molecule has 1 aliphatic heterocycles. The average molecular weight is 370 g/mol. The van der Waals surface area contributed by atoms with Gasteiger partial charge in [0.2, 0.25) is 5.91 Å². The number of hydrogen-bond donors (Lipinski definition) is 2. The fourth-order valence-corrected chi connectivity index (χ4v) is 3.14. The van der Waals surface area contributed by atoms with Gasteiger partial charge in [0.15, 0.2) is 0 Å². The molecule has 8 heteroatoms. The van der Waals surface area contributed by atoms with Crippen LogP contribution >= 0.6 is 36.2 Å². The van der Waals surface area contributed by atoms with Crippen molar-refractivity contribution in [2.24, 2.45) is 11.7 Å². The molecule has 2 rings (SSSR count). The zero-order chi connectivity index (χ0) is 14.5. The van der Waals surface area contributed by atoms with Gasteiger partial charge in [-0.3, -0.25) is 4.79 Å². The Hall–Kier alpha value is -0.400. The van der Waals surface area contributed by atoms with Gasteiger partial charge in [0.05, 0.1) is 18.3 Å². The second-order valence-corrected chi connectivity index (χ2v) is 6.46. The lowest BCUT2D eigenvalue weighted by Crippen LogP contribution is -2.46. The molecule has 2 heterocycles. The Bertz CT molecular complexity index is 451. The summed E-state index contributed by atoms with van der Waals surface area (Å²) in [5.74, 6) is 0.560. The van der Waals surface area contributed by atoms with Crippen LogP contribution in [0.5, 0.6) is 0 Å². The number of hydrogen-bond acceptors (Lipinski definition) is 5. The van der Waals surface area contributed by atoms with Crippen molar-refractivity contribution < 1.29 is 9.53 Å². The normalized spacial score (nSPS) is 16.5. The molecule has 22 heavy (non-hydrogen) atoms. The predicted octanol–water partition coefficient (Wildman–Crippen LogP) is 2.48. The predicted molar refractivity (Wildman–Crippen MR) is 94.1 cm³/mol. The maximum atomic E-state index is 12.1. The number of ether oxygens (including phenoxy) is 1. The molecule has 0 radical (unpaired) electrons. The van der Waals surface area contributed by atoms with Crippen LogP contribution in [0.25, 0.3) is 0 Å². The number of nitrogens with one attached hydrogen (secondary N) is 1. The Labute approximate surface area is 148 Å². The summed E-state index contributed by atoms with van der Waals surface area (Å²) < 4.78 is 5.29. The fourth-order valence-electron chi connectivity index (χ4n) is 2.24. The third-order valence-corrected chi connectivity index (χ3v) is 4.52. The van der Waals surface area contributed by atoms with Crippen LogP contribution in [0.2, 0.25) is 0 Å². The topological polar surface area (TPSA) is 77.2 Å². The monoisotopic (exact) mass is 369 g/mol. The third kappa shape index (κ3) is 6.01. The van der Waals surface area contributed by atoms with Gasteiger partial charge in [-0.25, -0.2) is 4.98 Å². The van der Waals surface area contributed by atoms with Crippen LogP contribution in [-0.4, -0.2) is 30.1 Å². The van der Waals surface area contributed by atoms with Gasteiger partial charge in [-0.2, -0.15) is 0 Å². The van der Waals surface area contributed by atoms with E-state index in [1.54, 1.807) is 11.3 Å². The maximum Gasteiger partial charge on any atom is 0.237 e. The van der Waals surface area contributed by atoms with Crippen molar-refractivity contribution in [3.8, 4) is 0 Å². The number of amides is 1. The summed E-state index contributed by atoms with van der Waals surface area (Å²) in [6.45, 7) is 6.09. The number of halogens is 2. The van der Waals surface area contributed by atoms with E-state index < -0.39 is 6.04 Å². The molecular formula is C14H25Cl2N3O2S. The van der Waals surface area contributed by atoms with E-state index in [1.165, 1.54) is 0 Å². The number of aromatic nitrogens is 1. The molecule has 1 aromatic heterocycles. The molecule has 1 aromatic rings. The van der Waals surface area contributed by atoms with Crippen LogP contribution in [0.15, 0.2) is 5.38 Å². The molecular weight excluding hydrogens is 345 g/mol. The largest absolute Gasteiger partial charge is 0.381 e. The molecule has 5 nitrogen and oxygen atoms in total. The van der Waals surface area contributed by atoms with E-state index in [0.717, 1.165) is 23.5 Å². The molecule has 128 valence electrons. The summed E-state index contributed by atoms with van der Waals surface area (Å²) >= 11 is 1.58. The van der Waals surface area contributed by atoms with Crippen molar-refractivity contribution in [2.45, 2.75) is 45.2 Å². The first kappa shape index (κ1) is 21.6. The Kier molecular flexibility index (Phi) is 10.2. The Morgan fingerprint density at radius 2 is 2.09 bits per heavy atom. The fraction of sp³-hybridized carbons (Fsp3) is 0.714. The van der Waals surface area contributed by atoms with E-state index in [1.807, 2.05) is 5.38 Å². The summed E-state index contributed by atoms with van der Waals surface area (Å²) in [5.41, 5.74) is 7.10. The van der Waals surface area contributed by atoms with Crippen molar-refractivity contribution in [2.75, 3.05) is 13.2 Å². The maximum absolute atomic E-state index is 12.1. The van der Waals surface area contributed by atoms with Gasteiger partial charge in [-0.15, -0.1) is 36.2 Å². The van der Waals surface area contributed by atoms with Crippen LogP contribution in [0.4, 0.5) is 0 Å². The Balaban J connectivity index is 0.00000220. The van der Waals surface area contributed by atoms with Gasteiger partial charge < -0.3 is 15.8 Å². The number of nitrogens with zero attached hydrogens (tertiary/aromatic N) is 1. The van der Waals surface area contributed by atoms with Crippen molar-refractivity contribution in [3.63, 3.8) is 0 Å². The molecule has 1 fully saturated rings. The molecule has 1 amide bonds. The minimum Gasteiger partial charge on any atom is -0.381 e. The first-order chi connectivity index (χ1) is 9.58. The van der Waals surface area contributed by atoms with E-state index >= 15 is 0 Å². The van der Waals surface area contributed by atoms with Gasteiger partial charge in [-0.05, 0) is 24.7 Å². The minimum absolute atomic E-state index is 0. The van der Waals surface area contributed by atoms with Crippen molar-refractivity contribution in [1.29, 1.82) is 0 Å². The smallest absolute Gasteiger partial charge is 0.237 e. The SMILES string of the molecule is CC(C)c1csc(CNC(=O)C(N)C2CCOCC2)n1.Cl.Cl. The molecule has 1 atom stereocenters. The van der Waals surface area contributed by atoms with Crippen LogP contribution in [0, 0.1) is 5.92 Å². The van der Waals surface area contributed by atoms with E-state index in [-0.39, 0.29) is 36.6 Å². The summed E-state index contributed by atoms with van der Waals surface area (Å²) in [5, 5.41) is 5.87. The number of rotatable bonds is 5. The summed E-state index contributed by atoms with van der Waals surface area (Å²) in [6.07, 6.45) is 1.73. The molecule has 0 aromatic carbocycles. The standard InChI is InChI=1S/C14H23N3O2S.2ClH/c1-9(2)11-8-20-12(17-11)7-16-14(18)13(15)10-3-5-19-6-4-10;;/h8-10,13H,3-7,15H2,1-2H3,(H,16,18);2*1H. The third-order valence-electron chi connectivity index (χ3n) is 3.65. The van der Waals surface area contributed by atoms with Gasteiger partial charge in [0.1, 0.15) is 5.01 Å². The van der Waals surface area contributed by atoms with Crippen LogP contribution in [-0.2, 0) is 16.1 Å². The van der Waals surface area contributed by atoms with Crippen LogP contribution in [0.1, 0.15) is 43.3 Å². The first-order valence-corrected chi connectivity index (χ1v) is 8.01. The van der Waals surface area contributed by atoms with Crippen molar-refractivity contribution in [3.05, 3.63) is 16.1 Å².